The molecule has 1 saturated heterocycles. The zero-order chi connectivity index (χ0) is 33.9. The number of methoxy groups -OCH3 is 1. The fourth-order valence-corrected chi connectivity index (χ4v) is 8.41. The predicted octanol–water partition coefficient (Wildman–Crippen LogP) is 4.62. The second kappa shape index (κ2) is 12.3. The molecule has 3 unspecified atom stereocenters. The van der Waals surface area contributed by atoms with Gasteiger partial charge in [-0.1, -0.05) is 36.4 Å². The van der Waals surface area contributed by atoms with Crippen molar-refractivity contribution < 1.29 is 38.4 Å². The number of carbonyl (C=O) groups is 2. The molecule has 0 saturated carbocycles. The van der Waals surface area contributed by atoms with Crippen LogP contribution in [0.2, 0.25) is 0 Å². The molecule has 1 N–H and O–H groups in total. The van der Waals surface area contributed by atoms with Crippen LogP contribution in [0.1, 0.15) is 64.4 Å². The van der Waals surface area contributed by atoms with Crippen LogP contribution in [0, 0.1) is 25.2 Å². The number of phenolic OH excluding ortho intramolecular Hbond substituents is 1. The molecule has 7 rings (SSSR count). The SMILES string of the molecule is COc1c(C)cc2c(c1O)C1C3Cc4c(OC(C)=O)c(C)c5c(c4[C@H](COC(=O)CCc4ccccc4)N3[C@@H](C#N)C(C2)N1C)OCO5. The molecule has 11 heteroatoms. The lowest BCUT2D eigenvalue weighted by molar-refractivity contribution is -0.149. The van der Waals surface area contributed by atoms with Gasteiger partial charge in [-0.05, 0) is 56.8 Å². The number of phenols is 1. The molecule has 4 heterocycles. The van der Waals surface area contributed by atoms with E-state index in [4.69, 9.17) is 23.7 Å². The Bertz CT molecular complexity index is 1840. The molecule has 5 atom stereocenters. The number of benzene rings is 3. The number of ether oxygens (including phenoxy) is 5. The minimum atomic E-state index is -0.635. The first kappa shape index (κ1) is 31.8. The molecule has 4 aliphatic heterocycles. The molecule has 0 amide bonds. The first-order chi connectivity index (χ1) is 23.1. The number of nitrogens with zero attached hydrogens (tertiary/aromatic N) is 3. The van der Waals surface area contributed by atoms with Gasteiger partial charge in [0.15, 0.2) is 23.0 Å². The van der Waals surface area contributed by atoms with Crippen LogP contribution in [-0.4, -0.2) is 72.5 Å². The third kappa shape index (κ3) is 5.02. The summed E-state index contributed by atoms with van der Waals surface area (Å²) in [5.41, 5.74) is 5.61. The first-order valence-corrected chi connectivity index (χ1v) is 16.3. The van der Waals surface area contributed by atoms with E-state index in [-0.39, 0.29) is 49.7 Å². The normalized spacial score (nSPS) is 23.7. The lowest BCUT2D eigenvalue weighted by Gasteiger charge is -2.59. The van der Waals surface area contributed by atoms with Crippen molar-refractivity contribution in [3.63, 3.8) is 0 Å². The third-order valence-electron chi connectivity index (χ3n) is 10.4. The molecular formula is C37H39N3O8. The van der Waals surface area contributed by atoms with E-state index in [1.807, 2.05) is 57.3 Å². The van der Waals surface area contributed by atoms with E-state index in [0.717, 1.165) is 27.8 Å². The van der Waals surface area contributed by atoms with E-state index < -0.39 is 18.1 Å². The van der Waals surface area contributed by atoms with Crippen molar-refractivity contribution in [2.24, 2.45) is 0 Å². The third-order valence-corrected chi connectivity index (χ3v) is 10.4. The molecule has 3 aromatic rings. The molecule has 48 heavy (non-hydrogen) atoms. The highest BCUT2D eigenvalue weighted by molar-refractivity contribution is 5.74. The van der Waals surface area contributed by atoms with Gasteiger partial charge in [0.05, 0.1) is 25.3 Å². The number of nitriles is 1. The Hall–Kier alpha value is -4.79. The molecule has 2 bridgehead atoms. The second-order valence-electron chi connectivity index (χ2n) is 13.0. The quantitative estimate of drug-likeness (QED) is 0.283. The highest BCUT2D eigenvalue weighted by atomic mass is 16.7. The summed E-state index contributed by atoms with van der Waals surface area (Å²) >= 11 is 0. The van der Waals surface area contributed by atoms with E-state index in [0.29, 0.717) is 53.4 Å². The highest BCUT2D eigenvalue weighted by Gasteiger charge is 2.57. The molecule has 1 fully saturated rings. The maximum Gasteiger partial charge on any atom is 0.308 e. The summed E-state index contributed by atoms with van der Waals surface area (Å²) in [4.78, 5) is 30.0. The van der Waals surface area contributed by atoms with E-state index in [1.54, 1.807) is 7.11 Å². The van der Waals surface area contributed by atoms with Gasteiger partial charge in [0, 0.05) is 47.7 Å². The highest BCUT2D eigenvalue weighted by Crippen LogP contribution is 2.58. The molecule has 0 aliphatic carbocycles. The summed E-state index contributed by atoms with van der Waals surface area (Å²) in [7, 11) is 3.52. The zero-order valence-corrected chi connectivity index (χ0v) is 27.7. The number of hydrogen-bond donors (Lipinski definition) is 1. The standard InChI is InChI=1S/C37H39N3O8/c1-19-13-23-14-25-27(16-38)40-26(32(39(25)4)30(23)33(43)34(19)44-5)15-24-31(37-36(46-18-47-37)20(2)35(24)48-21(3)41)28(40)17-45-29(42)12-11-22-9-7-6-8-10-22/h6-10,13,25-28,32,43H,11-12,14-15,17-18H2,1-5H3/t25?,26?,27-,28-,32?/m0/s1. The monoisotopic (exact) mass is 653 g/mol. The smallest absolute Gasteiger partial charge is 0.308 e. The predicted molar refractivity (Wildman–Crippen MR) is 173 cm³/mol. The Kier molecular flexibility index (Phi) is 8.17. The van der Waals surface area contributed by atoms with Crippen molar-refractivity contribution in [2.45, 2.75) is 76.7 Å². The maximum atomic E-state index is 13.3. The Labute approximate surface area is 279 Å². The molecular weight excluding hydrogens is 614 g/mol. The van der Waals surface area contributed by atoms with Crippen molar-refractivity contribution in [1.29, 1.82) is 5.26 Å². The van der Waals surface area contributed by atoms with Crippen LogP contribution in [-0.2, 0) is 33.6 Å². The van der Waals surface area contributed by atoms with Crippen molar-refractivity contribution in [3.8, 4) is 34.8 Å². The molecule has 4 aliphatic rings. The molecule has 0 radical (unpaired) electrons. The average molecular weight is 654 g/mol. The van der Waals surface area contributed by atoms with Crippen molar-refractivity contribution in [2.75, 3.05) is 27.6 Å². The summed E-state index contributed by atoms with van der Waals surface area (Å²) in [6, 6.07) is 12.2. The van der Waals surface area contributed by atoms with Crippen molar-refractivity contribution in [3.05, 3.63) is 75.3 Å². The molecule has 250 valence electrons. The minimum absolute atomic E-state index is 0.0186. The number of fused-ring (bicyclic) bond motifs is 9. The van der Waals surface area contributed by atoms with Crippen LogP contribution in [0.4, 0.5) is 0 Å². The van der Waals surface area contributed by atoms with Gasteiger partial charge in [0.2, 0.25) is 6.79 Å². The average Bonchev–Trinajstić information content (AvgIpc) is 3.56. The number of carbonyl (C=O) groups excluding carboxylic acids is 2. The minimum Gasteiger partial charge on any atom is -0.504 e. The van der Waals surface area contributed by atoms with Gasteiger partial charge in [-0.3, -0.25) is 19.4 Å². The second-order valence-corrected chi connectivity index (χ2v) is 13.0. The van der Waals surface area contributed by atoms with E-state index >= 15 is 0 Å². The Morgan fingerprint density at radius 1 is 1.06 bits per heavy atom. The lowest BCUT2D eigenvalue weighted by atomic mass is 9.71. The van der Waals surface area contributed by atoms with Gasteiger partial charge in [0.25, 0.3) is 0 Å². The van der Waals surface area contributed by atoms with Crippen LogP contribution in [0.5, 0.6) is 28.7 Å². The van der Waals surface area contributed by atoms with Gasteiger partial charge in [0.1, 0.15) is 18.4 Å². The van der Waals surface area contributed by atoms with Gasteiger partial charge in [-0.15, -0.1) is 0 Å². The van der Waals surface area contributed by atoms with Gasteiger partial charge >= 0.3 is 11.9 Å². The number of piperazine rings is 1. The fourth-order valence-electron chi connectivity index (χ4n) is 8.41. The van der Waals surface area contributed by atoms with E-state index in [1.165, 1.54) is 6.92 Å². The molecule has 0 aromatic heterocycles. The van der Waals surface area contributed by atoms with E-state index in [9.17, 15) is 20.0 Å². The van der Waals surface area contributed by atoms with Crippen LogP contribution in [0.3, 0.4) is 0 Å². The van der Waals surface area contributed by atoms with Gasteiger partial charge in [-0.2, -0.15) is 5.26 Å². The summed E-state index contributed by atoms with van der Waals surface area (Å²) in [6.07, 6.45) is 1.61. The van der Waals surface area contributed by atoms with E-state index in [2.05, 4.69) is 15.9 Å². The zero-order valence-electron chi connectivity index (χ0n) is 27.7. The number of aryl methyl sites for hydroxylation is 2. The first-order valence-electron chi connectivity index (χ1n) is 16.3. The van der Waals surface area contributed by atoms with Gasteiger partial charge in [-0.25, -0.2) is 0 Å². The number of likely N-dealkylation sites (N-methyl/N-ethyl adjacent to an activating group) is 1. The number of aromatic hydroxyl groups is 1. The maximum absolute atomic E-state index is 13.3. The topological polar surface area (TPSA) is 131 Å². The number of hydrogen-bond acceptors (Lipinski definition) is 11. The number of rotatable bonds is 7. The molecule has 11 nitrogen and oxygen atoms in total. The summed E-state index contributed by atoms with van der Waals surface area (Å²) in [5, 5.41) is 22.5. The lowest BCUT2D eigenvalue weighted by Crippen LogP contribution is -2.68. The Balaban J connectivity index is 1.37. The number of esters is 2. The fraction of sp³-hybridized carbons (Fsp3) is 0.432. The largest absolute Gasteiger partial charge is 0.504 e. The molecule has 0 spiro atoms. The van der Waals surface area contributed by atoms with Crippen molar-refractivity contribution in [1.82, 2.24) is 9.80 Å². The summed E-state index contributed by atoms with van der Waals surface area (Å²) in [6.45, 7) is 5.00. The summed E-state index contributed by atoms with van der Waals surface area (Å²) < 4.78 is 29.5. The van der Waals surface area contributed by atoms with Crippen LogP contribution in [0.25, 0.3) is 0 Å². The van der Waals surface area contributed by atoms with Crippen LogP contribution < -0.4 is 18.9 Å². The van der Waals surface area contributed by atoms with Crippen LogP contribution >= 0.6 is 0 Å². The molecule has 3 aromatic carbocycles. The Morgan fingerprint density at radius 2 is 1.81 bits per heavy atom. The Morgan fingerprint density at radius 3 is 2.52 bits per heavy atom. The van der Waals surface area contributed by atoms with Gasteiger partial charge < -0.3 is 28.8 Å². The van der Waals surface area contributed by atoms with Crippen LogP contribution in [0.15, 0.2) is 36.4 Å². The summed E-state index contributed by atoms with van der Waals surface area (Å²) in [5.74, 6) is 0.987. The van der Waals surface area contributed by atoms with Crippen molar-refractivity contribution >= 4 is 11.9 Å².